The van der Waals surface area contributed by atoms with E-state index in [1.807, 2.05) is 41.3 Å². The van der Waals surface area contributed by atoms with E-state index in [1.54, 1.807) is 13.3 Å². The first kappa shape index (κ1) is 18.0. The number of ether oxygens (including phenoxy) is 2. The van der Waals surface area contributed by atoms with Crippen molar-refractivity contribution in [3.05, 3.63) is 48.2 Å². The van der Waals surface area contributed by atoms with Gasteiger partial charge in [-0.1, -0.05) is 0 Å². The minimum absolute atomic E-state index is 0.0755. The summed E-state index contributed by atoms with van der Waals surface area (Å²) >= 11 is 0. The number of hydrogen-bond donors (Lipinski definition) is 1. The highest BCUT2D eigenvalue weighted by Gasteiger charge is 2.18. The Balaban J connectivity index is 1.43. The zero-order chi connectivity index (χ0) is 18.2. The highest BCUT2D eigenvalue weighted by Crippen LogP contribution is 2.17. The molecule has 2 aromatic rings. The number of pyridine rings is 1. The molecule has 1 fully saturated rings. The quantitative estimate of drug-likeness (QED) is 0.773. The number of anilines is 1. The molecule has 1 aliphatic rings. The molecule has 0 unspecified atom stereocenters. The summed E-state index contributed by atoms with van der Waals surface area (Å²) in [6.07, 6.45) is 5.03. The minimum Gasteiger partial charge on any atom is -0.497 e. The number of carbonyl (C=O) groups excluding carboxylic acids is 1. The molecule has 0 atom stereocenters. The highest BCUT2D eigenvalue weighted by atomic mass is 16.5. The number of likely N-dealkylation sites (tertiary alicyclic amines) is 1. The van der Waals surface area contributed by atoms with Gasteiger partial charge in [-0.15, -0.1) is 0 Å². The number of hydrogen-bond acceptors (Lipinski definition) is 5. The maximum absolute atomic E-state index is 12.4. The van der Waals surface area contributed by atoms with Crippen molar-refractivity contribution >= 4 is 11.7 Å². The Morgan fingerprint density at radius 1 is 1.08 bits per heavy atom. The second-order valence-corrected chi connectivity index (χ2v) is 6.24. The number of nitrogens with one attached hydrogen (secondary N) is 1. The number of carbonyl (C=O) groups is 1. The predicted molar refractivity (Wildman–Crippen MR) is 101 cm³/mol. The van der Waals surface area contributed by atoms with Crippen LogP contribution in [0.15, 0.2) is 42.6 Å². The van der Waals surface area contributed by atoms with Crippen LogP contribution < -0.4 is 14.8 Å². The summed E-state index contributed by atoms with van der Waals surface area (Å²) < 4.78 is 10.8. The van der Waals surface area contributed by atoms with Crippen LogP contribution in [0.1, 0.15) is 29.6 Å². The van der Waals surface area contributed by atoms with Gasteiger partial charge in [-0.2, -0.15) is 0 Å². The van der Waals surface area contributed by atoms with Crippen LogP contribution in [0.2, 0.25) is 0 Å². The van der Waals surface area contributed by atoms with Gasteiger partial charge in [-0.3, -0.25) is 4.79 Å². The molecular weight excluding hydrogens is 330 g/mol. The monoisotopic (exact) mass is 355 g/mol. The van der Waals surface area contributed by atoms with Gasteiger partial charge in [0.05, 0.1) is 19.2 Å². The molecule has 1 amide bonds. The average molecular weight is 355 g/mol. The van der Waals surface area contributed by atoms with Crippen molar-refractivity contribution in [3.63, 3.8) is 0 Å². The first-order chi connectivity index (χ1) is 12.8. The Morgan fingerprint density at radius 2 is 1.81 bits per heavy atom. The van der Waals surface area contributed by atoms with E-state index in [9.17, 15) is 4.79 Å². The Kier molecular flexibility index (Phi) is 6.30. The Hall–Kier alpha value is -2.76. The van der Waals surface area contributed by atoms with E-state index in [0.717, 1.165) is 43.2 Å². The van der Waals surface area contributed by atoms with Crippen LogP contribution in [0, 0.1) is 0 Å². The molecule has 0 saturated carbocycles. The molecule has 26 heavy (non-hydrogen) atoms. The molecule has 1 aromatic heterocycles. The molecule has 138 valence electrons. The van der Waals surface area contributed by atoms with Crippen LogP contribution >= 0.6 is 0 Å². The highest BCUT2D eigenvalue weighted by molar-refractivity contribution is 5.94. The van der Waals surface area contributed by atoms with Crippen molar-refractivity contribution in [2.45, 2.75) is 19.3 Å². The van der Waals surface area contributed by atoms with Gasteiger partial charge in [0.15, 0.2) is 0 Å². The number of nitrogens with zero attached hydrogens (tertiary/aromatic N) is 2. The molecule has 0 aliphatic carbocycles. The van der Waals surface area contributed by atoms with Gasteiger partial charge in [0, 0.05) is 19.3 Å². The van der Waals surface area contributed by atoms with Gasteiger partial charge in [0.2, 0.25) is 0 Å². The normalized spacial score (nSPS) is 14.0. The fraction of sp³-hybridized carbons (Fsp3) is 0.400. The zero-order valence-corrected chi connectivity index (χ0v) is 15.1. The summed E-state index contributed by atoms with van der Waals surface area (Å²) in [5, 5.41) is 3.20. The van der Waals surface area contributed by atoms with Gasteiger partial charge in [0.1, 0.15) is 23.9 Å². The molecule has 3 rings (SSSR count). The standard InChI is InChI=1S/C20H25N3O3/c1-25-17-6-8-18(9-7-17)26-14-11-21-19-10-5-16(15-22-19)20(24)23-12-3-2-4-13-23/h5-10,15H,2-4,11-14H2,1H3,(H,21,22). The van der Waals surface area contributed by atoms with Gasteiger partial charge >= 0.3 is 0 Å². The Morgan fingerprint density at radius 3 is 2.46 bits per heavy atom. The summed E-state index contributed by atoms with van der Waals surface area (Å²) in [4.78, 5) is 18.7. The minimum atomic E-state index is 0.0755. The van der Waals surface area contributed by atoms with E-state index in [2.05, 4.69) is 10.3 Å². The lowest BCUT2D eigenvalue weighted by Gasteiger charge is -2.26. The third kappa shape index (κ3) is 4.88. The Labute approximate surface area is 154 Å². The van der Waals surface area contributed by atoms with E-state index in [0.29, 0.717) is 18.7 Å². The summed E-state index contributed by atoms with van der Waals surface area (Å²) in [5.41, 5.74) is 0.645. The van der Waals surface area contributed by atoms with E-state index in [-0.39, 0.29) is 5.91 Å². The third-order valence-corrected chi connectivity index (χ3v) is 4.39. The number of piperidine rings is 1. The summed E-state index contributed by atoms with van der Waals surface area (Å²) in [5.74, 6) is 2.41. The zero-order valence-electron chi connectivity index (χ0n) is 15.1. The molecule has 6 nitrogen and oxygen atoms in total. The molecule has 6 heteroatoms. The second kappa shape index (κ2) is 9.08. The van der Waals surface area contributed by atoms with Crippen molar-refractivity contribution in [1.82, 2.24) is 9.88 Å². The lowest BCUT2D eigenvalue weighted by molar-refractivity contribution is 0.0724. The van der Waals surface area contributed by atoms with Crippen molar-refractivity contribution in [2.75, 3.05) is 38.7 Å². The van der Waals surface area contributed by atoms with E-state index in [1.165, 1.54) is 6.42 Å². The smallest absolute Gasteiger partial charge is 0.255 e. The van der Waals surface area contributed by atoms with Gasteiger partial charge in [-0.25, -0.2) is 4.98 Å². The van der Waals surface area contributed by atoms with E-state index in [4.69, 9.17) is 9.47 Å². The van der Waals surface area contributed by atoms with E-state index < -0.39 is 0 Å². The maximum atomic E-state index is 12.4. The van der Waals surface area contributed by atoms with Crippen LogP contribution in [0.25, 0.3) is 0 Å². The molecule has 0 radical (unpaired) electrons. The molecule has 1 N–H and O–H groups in total. The lowest BCUT2D eigenvalue weighted by Crippen LogP contribution is -2.35. The molecule has 1 aliphatic heterocycles. The number of methoxy groups -OCH3 is 1. The van der Waals surface area contributed by atoms with Gasteiger partial charge < -0.3 is 19.7 Å². The third-order valence-electron chi connectivity index (χ3n) is 4.39. The number of rotatable bonds is 7. The molecular formula is C20H25N3O3. The van der Waals surface area contributed by atoms with Gasteiger partial charge in [0.25, 0.3) is 5.91 Å². The number of aromatic nitrogens is 1. The molecule has 2 heterocycles. The predicted octanol–water partition coefficient (Wildman–Crippen LogP) is 3.21. The van der Waals surface area contributed by atoms with E-state index >= 15 is 0 Å². The van der Waals surface area contributed by atoms with Crippen molar-refractivity contribution < 1.29 is 14.3 Å². The van der Waals surface area contributed by atoms with Crippen LogP contribution in [-0.2, 0) is 0 Å². The SMILES string of the molecule is COc1ccc(OCCNc2ccc(C(=O)N3CCCCC3)cn2)cc1. The summed E-state index contributed by atoms with van der Waals surface area (Å²) in [6, 6.07) is 11.1. The number of benzene rings is 1. The van der Waals surface area contributed by atoms with Crippen LogP contribution in [0.4, 0.5) is 5.82 Å². The lowest BCUT2D eigenvalue weighted by atomic mass is 10.1. The van der Waals surface area contributed by atoms with Crippen molar-refractivity contribution in [2.24, 2.45) is 0 Å². The number of amides is 1. The average Bonchev–Trinajstić information content (AvgIpc) is 2.72. The van der Waals surface area contributed by atoms with Crippen molar-refractivity contribution in [1.29, 1.82) is 0 Å². The van der Waals surface area contributed by atoms with Gasteiger partial charge in [-0.05, 0) is 55.7 Å². The van der Waals surface area contributed by atoms with Crippen LogP contribution in [0.5, 0.6) is 11.5 Å². The second-order valence-electron chi connectivity index (χ2n) is 6.24. The topological polar surface area (TPSA) is 63.7 Å². The summed E-state index contributed by atoms with van der Waals surface area (Å²) in [6.45, 7) is 2.84. The maximum Gasteiger partial charge on any atom is 0.255 e. The van der Waals surface area contributed by atoms with Crippen molar-refractivity contribution in [3.8, 4) is 11.5 Å². The first-order valence-electron chi connectivity index (χ1n) is 9.02. The summed E-state index contributed by atoms with van der Waals surface area (Å²) in [7, 11) is 1.64. The molecule has 0 spiro atoms. The Bertz CT molecular complexity index is 695. The van der Waals surface area contributed by atoms with Crippen LogP contribution in [0.3, 0.4) is 0 Å². The largest absolute Gasteiger partial charge is 0.497 e. The molecule has 1 aromatic carbocycles. The fourth-order valence-corrected chi connectivity index (χ4v) is 2.92. The molecule has 0 bridgehead atoms. The first-order valence-corrected chi connectivity index (χ1v) is 9.02. The fourth-order valence-electron chi connectivity index (χ4n) is 2.92. The molecule has 1 saturated heterocycles. The van der Waals surface area contributed by atoms with Crippen LogP contribution in [-0.4, -0.2) is 49.1 Å².